The standard InChI is InChI=1S/C13H14N4OS/c1-2-17(9-4-3-5-10(18)6-9)12-8-15-11(7-16-12)13(14)19/h3-8,18H,2H2,1H3,(H2,14,19). The molecule has 0 unspecified atom stereocenters. The Labute approximate surface area is 116 Å². The van der Waals surface area contributed by atoms with Gasteiger partial charge in [0.25, 0.3) is 0 Å². The monoisotopic (exact) mass is 274 g/mol. The fourth-order valence-electron chi connectivity index (χ4n) is 1.73. The molecule has 0 fully saturated rings. The van der Waals surface area contributed by atoms with Crippen LogP contribution in [0.25, 0.3) is 0 Å². The van der Waals surface area contributed by atoms with Gasteiger partial charge in [0.1, 0.15) is 16.4 Å². The van der Waals surface area contributed by atoms with E-state index in [0.29, 0.717) is 18.1 Å². The molecule has 0 saturated carbocycles. The summed E-state index contributed by atoms with van der Waals surface area (Å²) in [7, 11) is 0. The lowest BCUT2D eigenvalue weighted by molar-refractivity contribution is 0.475. The molecule has 1 aromatic carbocycles. The van der Waals surface area contributed by atoms with Crippen LogP contribution in [0.3, 0.4) is 0 Å². The SMILES string of the molecule is CCN(c1cccc(O)c1)c1cnc(C(N)=S)cn1. The van der Waals surface area contributed by atoms with Crippen LogP contribution in [0.2, 0.25) is 0 Å². The van der Waals surface area contributed by atoms with Crippen molar-refractivity contribution in [1.82, 2.24) is 9.97 Å². The number of hydrogen-bond acceptors (Lipinski definition) is 5. The molecule has 0 aliphatic heterocycles. The van der Waals surface area contributed by atoms with Crippen LogP contribution >= 0.6 is 12.2 Å². The van der Waals surface area contributed by atoms with Crippen LogP contribution in [-0.2, 0) is 0 Å². The topological polar surface area (TPSA) is 75.3 Å². The lowest BCUT2D eigenvalue weighted by Crippen LogP contribution is -2.19. The second-order valence-corrected chi connectivity index (χ2v) is 4.33. The maximum absolute atomic E-state index is 9.52. The van der Waals surface area contributed by atoms with Gasteiger partial charge >= 0.3 is 0 Å². The van der Waals surface area contributed by atoms with Gasteiger partial charge in [0.05, 0.1) is 12.4 Å². The zero-order valence-corrected chi connectivity index (χ0v) is 11.3. The number of phenols is 1. The van der Waals surface area contributed by atoms with E-state index >= 15 is 0 Å². The van der Waals surface area contributed by atoms with Crippen molar-refractivity contribution in [2.75, 3.05) is 11.4 Å². The third-order valence-electron chi connectivity index (χ3n) is 2.62. The minimum absolute atomic E-state index is 0.212. The van der Waals surface area contributed by atoms with Crippen molar-refractivity contribution in [3.63, 3.8) is 0 Å². The van der Waals surface area contributed by atoms with Crippen molar-refractivity contribution < 1.29 is 5.11 Å². The number of benzene rings is 1. The van der Waals surface area contributed by atoms with Gasteiger partial charge in [-0.25, -0.2) is 9.97 Å². The normalized spacial score (nSPS) is 10.2. The van der Waals surface area contributed by atoms with Crippen molar-refractivity contribution in [2.45, 2.75) is 6.92 Å². The number of anilines is 2. The third kappa shape index (κ3) is 2.97. The van der Waals surface area contributed by atoms with Crippen molar-refractivity contribution in [2.24, 2.45) is 5.73 Å². The van der Waals surface area contributed by atoms with Gasteiger partial charge in [0, 0.05) is 18.3 Å². The first-order chi connectivity index (χ1) is 9.11. The molecule has 3 N–H and O–H groups in total. The summed E-state index contributed by atoms with van der Waals surface area (Å²) in [5.41, 5.74) is 6.82. The van der Waals surface area contributed by atoms with E-state index in [1.54, 1.807) is 30.6 Å². The van der Waals surface area contributed by atoms with Gasteiger partial charge in [-0.05, 0) is 19.1 Å². The molecule has 0 spiro atoms. The predicted molar refractivity (Wildman–Crippen MR) is 78.7 cm³/mol. The Morgan fingerprint density at radius 3 is 2.68 bits per heavy atom. The lowest BCUT2D eigenvalue weighted by Gasteiger charge is -2.21. The minimum atomic E-state index is 0.212. The average molecular weight is 274 g/mol. The Hall–Kier alpha value is -2.21. The van der Waals surface area contributed by atoms with E-state index in [9.17, 15) is 5.11 Å². The van der Waals surface area contributed by atoms with E-state index < -0.39 is 0 Å². The molecule has 1 aromatic heterocycles. The molecule has 0 aliphatic carbocycles. The van der Waals surface area contributed by atoms with Crippen LogP contribution in [0, 0.1) is 0 Å². The van der Waals surface area contributed by atoms with Gasteiger partial charge in [-0.1, -0.05) is 18.3 Å². The summed E-state index contributed by atoms with van der Waals surface area (Å²) in [5.74, 6) is 0.886. The summed E-state index contributed by atoms with van der Waals surface area (Å²) in [6, 6.07) is 6.97. The molecule has 2 rings (SSSR count). The average Bonchev–Trinajstić information content (AvgIpc) is 2.40. The van der Waals surface area contributed by atoms with E-state index in [1.165, 1.54) is 0 Å². The van der Waals surface area contributed by atoms with Crippen LogP contribution in [-0.4, -0.2) is 26.6 Å². The number of hydrogen-bond donors (Lipinski definition) is 2. The number of aromatic nitrogens is 2. The molecule has 1 heterocycles. The molecule has 0 saturated heterocycles. The molecule has 0 radical (unpaired) electrons. The molecule has 0 amide bonds. The summed E-state index contributed by atoms with van der Waals surface area (Å²) in [5, 5.41) is 9.52. The molecular weight excluding hydrogens is 260 g/mol. The van der Waals surface area contributed by atoms with Gasteiger partial charge in [0.2, 0.25) is 0 Å². The van der Waals surface area contributed by atoms with E-state index in [4.69, 9.17) is 18.0 Å². The molecule has 19 heavy (non-hydrogen) atoms. The molecule has 2 aromatic rings. The summed E-state index contributed by atoms with van der Waals surface area (Å²) in [6.07, 6.45) is 3.16. The van der Waals surface area contributed by atoms with Crippen LogP contribution < -0.4 is 10.6 Å². The van der Waals surface area contributed by atoms with Gasteiger partial charge in [-0.2, -0.15) is 0 Å². The largest absolute Gasteiger partial charge is 0.508 e. The predicted octanol–water partition coefficient (Wildman–Crippen LogP) is 1.97. The Kier molecular flexibility index (Phi) is 3.91. The van der Waals surface area contributed by atoms with Crippen molar-refractivity contribution >= 4 is 28.7 Å². The number of nitrogens with two attached hydrogens (primary N) is 1. The van der Waals surface area contributed by atoms with Gasteiger partial charge in [-0.3, -0.25) is 0 Å². The Bertz CT molecular complexity index is 585. The number of phenolic OH excluding ortho intramolecular Hbond substituents is 1. The molecular formula is C13H14N4OS. The van der Waals surface area contributed by atoms with E-state index in [2.05, 4.69) is 9.97 Å². The molecule has 5 nitrogen and oxygen atoms in total. The van der Waals surface area contributed by atoms with Crippen LogP contribution in [0.5, 0.6) is 5.75 Å². The summed E-state index contributed by atoms with van der Waals surface area (Å²) >= 11 is 4.84. The molecule has 6 heteroatoms. The zero-order chi connectivity index (χ0) is 13.8. The highest BCUT2D eigenvalue weighted by Gasteiger charge is 2.10. The van der Waals surface area contributed by atoms with E-state index in [1.807, 2.05) is 17.9 Å². The second-order valence-electron chi connectivity index (χ2n) is 3.89. The van der Waals surface area contributed by atoms with Crippen LogP contribution in [0.15, 0.2) is 36.7 Å². The minimum Gasteiger partial charge on any atom is -0.508 e. The van der Waals surface area contributed by atoms with Gasteiger partial charge in [0.15, 0.2) is 5.82 Å². The summed E-state index contributed by atoms with van der Waals surface area (Å²) in [4.78, 5) is 10.6. The maximum atomic E-state index is 9.52. The first-order valence-corrected chi connectivity index (χ1v) is 6.21. The first kappa shape index (κ1) is 13.2. The molecule has 98 valence electrons. The molecule has 0 aliphatic rings. The number of rotatable bonds is 4. The van der Waals surface area contributed by atoms with Gasteiger partial charge in [-0.15, -0.1) is 0 Å². The highest BCUT2D eigenvalue weighted by Crippen LogP contribution is 2.25. The van der Waals surface area contributed by atoms with Crippen molar-refractivity contribution in [3.05, 3.63) is 42.4 Å². The first-order valence-electron chi connectivity index (χ1n) is 5.80. The highest BCUT2D eigenvalue weighted by atomic mass is 32.1. The summed E-state index contributed by atoms with van der Waals surface area (Å²) < 4.78 is 0. The number of thiocarbonyl (C=S) groups is 1. The fourth-order valence-corrected chi connectivity index (χ4v) is 1.83. The highest BCUT2D eigenvalue weighted by molar-refractivity contribution is 7.80. The fraction of sp³-hybridized carbons (Fsp3) is 0.154. The van der Waals surface area contributed by atoms with E-state index in [0.717, 1.165) is 5.69 Å². The van der Waals surface area contributed by atoms with E-state index in [-0.39, 0.29) is 10.7 Å². The lowest BCUT2D eigenvalue weighted by atomic mass is 10.2. The van der Waals surface area contributed by atoms with Crippen molar-refractivity contribution in [3.8, 4) is 5.75 Å². The third-order valence-corrected chi connectivity index (χ3v) is 2.83. The number of aromatic hydroxyl groups is 1. The number of nitrogens with zero attached hydrogens (tertiary/aromatic N) is 3. The smallest absolute Gasteiger partial charge is 0.151 e. The van der Waals surface area contributed by atoms with Crippen molar-refractivity contribution in [1.29, 1.82) is 0 Å². The second kappa shape index (κ2) is 5.62. The summed E-state index contributed by atoms with van der Waals surface area (Å²) in [6.45, 7) is 2.69. The Balaban J connectivity index is 2.34. The van der Waals surface area contributed by atoms with Crippen LogP contribution in [0.4, 0.5) is 11.5 Å². The molecule has 0 atom stereocenters. The van der Waals surface area contributed by atoms with Crippen LogP contribution in [0.1, 0.15) is 12.6 Å². The Morgan fingerprint density at radius 1 is 1.37 bits per heavy atom. The Morgan fingerprint density at radius 2 is 2.16 bits per heavy atom. The van der Waals surface area contributed by atoms with Gasteiger partial charge < -0.3 is 15.7 Å². The quantitative estimate of drug-likeness (QED) is 0.830. The molecule has 0 bridgehead atoms. The maximum Gasteiger partial charge on any atom is 0.151 e. The zero-order valence-electron chi connectivity index (χ0n) is 10.4.